The third-order valence-electron chi connectivity index (χ3n) is 3.32. The molecule has 0 saturated carbocycles. The summed E-state index contributed by atoms with van der Waals surface area (Å²) in [7, 11) is 1.57. The second kappa shape index (κ2) is 5.81. The quantitative estimate of drug-likeness (QED) is 0.868. The van der Waals surface area contributed by atoms with E-state index >= 15 is 0 Å². The van der Waals surface area contributed by atoms with Gasteiger partial charge in [-0.2, -0.15) is 0 Å². The van der Waals surface area contributed by atoms with Gasteiger partial charge in [0.05, 0.1) is 12.8 Å². The van der Waals surface area contributed by atoms with Crippen molar-refractivity contribution in [2.24, 2.45) is 0 Å². The number of carbonyl (C=O) groups excluding carboxylic acids is 1. The Kier molecular flexibility index (Phi) is 3.85. The monoisotopic (exact) mass is 319 g/mol. The molecule has 6 nitrogen and oxygen atoms in total. The zero-order valence-electron chi connectivity index (χ0n) is 12.2. The predicted octanol–water partition coefficient (Wildman–Crippen LogP) is 3.30. The van der Waals surface area contributed by atoms with Gasteiger partial charge in [0.15, 0.2) is 10.9 Å². The highest BCUT2D eigenvalue weighted by Gasteiger charge is 2.29. The first-order valence-electron chi connectivity index (χ1n) is 6.85. The molecule has 0 saturated heterocycles. The molecule has 0 radical (unpaired) electrons. The van der Waals surface area contributed by atoms with Crippen molar-refractivity contribution in [3.8, 4) is 17.4 Å². The maximum absolute atomic E-state index is 12.8. The second-order valence-electron chi connectivity index (χ2n) is 4.78. The first-order valence-corrected chi connectivity index (χ1v) is 7.22. The third-order valence-corrected chi connectivity index (χ3v) is 3.50. The Morgan fingerprint density at radius 2 is 2.14 bits per heavy atom. The highest BCUT2D eigenvalue weighted by atomic mass is 35.5. The van der Waals surface area contributed by atoms with Crippen LogP contribution in [-0.2, 0) is 0 Å². The van der Waals surface area contributed by atoms with Crippen LogP contribution < -0.4 is 14.4 Å². The van der Waals surface area contributed by atoms with Gasteiger partial charge in [0.1, 0.15) is 11.3 Å². The van der Waals surface area contributed by atoms with Crippen LogP contribution in [0.15, 0.2) is 24.3 Å². The Morgan fingerprint density at radius 3 is 2.86 bits per heavy atom. The normalized spacial score (nSPS) is 13.0. The summed E-state index contributed by atoms with van der Waals surface area (Å²) in [6.45, 7) is 2.54. The molecule has 114 valence electrons. The van der Waals surface area contributed by atoms with E-state index in [1.165, 1.54) is 6.07 Å². The molecule has 7 heteroatoms. The van der Waals surface area contributed by atoms with Crippen molar-refractivity contribution < 1.29 is 14.3 Å². The molecule has 0 N–H and O–H groups in total. The van der Waals surface area contributed by atoms with E-state index in [2.05, 4.69) is 10.2 Å². The van der Waals surface area contributed by atoms with Crippen LogP contribution in [0, 0.1) is 0 Å². The van der Waals surface area contributed by atoms with E-state index in [0.29, 0.717) is 29.3 Å². The number of halogens is 1. The van der Waals surface area contributed by atoms with Crippen LogP contribution in [0.2, 0.25) is 5.15 Å². The van der Waals surface area contributed by atoms with Crippen molar-refractivity contribution in [3.05, 3.63) is 35.0 Å². The molecule has 0 unspecified atom stereocenters. The smallest absolute Gasteiger partial charge is 0.264 e. The van der Waals surface area contributed by atoms with Gasteiger partial charge in [-0.05, 0) is 24.6 Å². The number of rotatable bonds is 3. The summed E-state index contributed by atoms with van der Waals surface area (Å²) in [6.07, 6.45) is 0.796. The Morgan fingerprint density at radius 1 is 1.32 bits per heavy atom. The summed E-state index contributed by atoms with van der Waals surface area (Å²) >= 11 is 5.86. The molecule has 0 fully saturated rings. The third kappa shape index (κ3) is 2.46. The molecule has 3 rings (SSSR count). The lowest BCUT2D eigenvalue weighted by atomic mass is 10.2. The molecule has 0 aliphatic carbocycles. The number of benzene rings is 1. The molecule has 1 aliphatic rings. The van der Waals surface area contributed by atoms with Gasteiger partial charge in [0.2, 0.25) is 0 Å². The number of hydrogen-bond donors (Lipinski definition) is 0. The minimum atomic E-state index is -0.222. The van der Waals surface area contributed by atoms with Crippen molar-refractivity contribution in [1.82, 2.24) is 10.2 Å². The van der Waals surface area contributed by atoms with Gasteiger partial charge in [-0.1, -0.05) is 18.5 Å². The molecule has 2 aromatic rings. The molecule has 1 amide bonds. The highest BCUT2D eigenvalue weighted by molar-refractivity contribution is 6.29. The van der Waals surface area contributed by atoms with Crippen molar-refractivity contribution in [2.75, 3.05) is 18.6 Å². The van der Waals surface area contributed by atoms with E-state index < -0.39 is 0 Å². The summed E-state index contributed by atoms with van der Waals surface area (Å²) in [5.74, 6) is 1.10. The maximum Gasteiger partial charge on any atom is 0.264 e. The van der Waals surface area contributed by atoms with Crippen LogP contribution in [0.5, 0.6) is 17.4 Å². The second-order valence-corrected chi connectivity index (χ2v) is 5.17. The van der Waals surface area contributed by atoms with Crippen LogP contribution >= 0.6 is 11.6 Å². The Bertz CT molecular complexity index is 736. The number of hydrogen-bond acceptors (Lipinski definition) is 5. The topological polar surface area (TPSA) is 64.6 Å². The first-order chi connectivity index (χ1) is 10.6. The lowest BCUT2D eigenvalue weighted by molar-refractivity contribution is 0.0986. The number of fused-ring (bicyclic) bond motifs is 2. The number of nitrogens with zero attached hydrogens (tertiary/aromatic N) is 3. The molecule has 22 heavy (non-hydrogen) atoms. The van der Waals surface area contributed by atoms with Crippen LogP contribution in [-0.4, -0.2) is 29.8 Å². The van der Waals surface area contributed by atoms with E-state index in [4.69, 9.17) is 21.1 Å². The Hall–Kier alpha value is -2.34. The summed E-state index contributed by atoms with van der Waals surface area (Å²) in [6, 6.07) is 6.75. The number of ether oxygens (including phenoxy) is 2. The Balaban J connectivity index is 2.18. The average molecular weight is 320 g/mol. The minimum Gasteiger partial charge on any atom is -0.497 e. The summed E-state index contributed by atoms with van der Waals surface area (Å²) in [4.78, 5) is 14.5. The van der Waals surface area contributed by atoms with E-state index in [1.807, 2.05) is 6.92 Å². The SMILES string of the molecule is CCCN1C(=O)c2cc(Cl)nnc2Oc2ccc(OC)cc21. The van der Waals surface area contributed by atoms with E-state index in [-0.39, 0.29) is 16.9 Å². The zero-order chi connectivity index (χ0) is 15.7. The molecular weight excluding hydrogens is 306 g/mol. The number of methoxy groups -OCH3 is 1. The molecule has 0 spiro atoms. The minimum absolute atomic E-state index is 0.149. The van der Waals surface area contributed by atoms with E-state index in [0.717, 1.165) is 6.42 Å². The fourth-order valence-corrected chi connectivity index (χ4v) is 2.46. The number of anilines is 1. The van der Waals surface area contributed by atoms with Crippen molar-refractivity contribution in [3.63, 3.8) is 0 Å². The van der Waals surface area contributed by atoms with Gasteiger partial charge in [-0.15, -0.1) is 10.2 Å². The van der Waals surface area contributed by atoms with Gasteiger partial charge in [-0.3, -0.25) is 4.79 Å². The van der Waals surface area contributed by atoms with Crippen LogP contribution in [0.4, 0.5) is 5.69 Å². The van der Waals surface area contributed by atoms with Gasteiger partial charge >= 0.3 is 0 Å². The van der Waals surface area contributed by atoms with Gasteiger partial charge in [-0.25, -0.2) is 0 Å². The molecule has 2 heterocycles. The fraction of sp³-hybridized carbons (Fsp3) is 0.267. The van der Waals surface area contributed by atoms with Gasteiger partial charge in [0, 0.05) is 12.6 Å². The summed E-state index contributed by atoms with van der Waals surface area (Å²) < 4.78 is 11.0. The molecule has 1 aliphatic heterocycles. The molecule has 0 atom stereocenters. The van der Waals surface area contributed by atoms with Gasteiger partial charge in [0.25, 0.3) is 11.8 Å². The maximum atomic E-state index is 12.8. The van der Waals surface area contributed by atoms with E-state index in [1.54, 1.807) is 30.2 Å². The predicted molar refractivity (Wildman–Crippen MR) is 82.1 cm³/mol. The fourth-order valence-electron chi connectivity index (χ4n) is 2.31. The Labute approximate surface area is 132 Å². The van der Waals surface area contributed by atoms with Gasteiger partial charge < -0.3 is 14.4 Å². The molecule has 1 aromatic carbocycles. The van der Waals surface area contributed by atoms with Crippen molar-refractivity contribution >= 4 is 23.2 Å². The summed E-state index contributed by atoms with van der Waals surface area (Å²) in [5, 5.41) is 7.77. The lowest BCUT2D eigenvalue weighted by Gasteiger charge is -2.21. The number of amides is 1. The lowest BCUT2D eigenvalue weighted by Crippen LogP contribution is -2.31. The number of aromatic nitrogens is 2. The number of carbonyl (C=O) groups is 1. The van der Waals surface area contributed by atoms with Crippen molar-refractivity contribution in [2.45, 2.75) is 13.3 Å². The first kappa shape index (κ1) is 14.6. The van der Waals surface area contributed by atoms with E-state index in [9.17, 15) is 4.79 Å². The molecule has 0 bridgehead atoms. The van der Waals surface area contributed by atoms with Crippen LogP contribution in [0.3, 0.4) is 0 Å². The largest absolute Gasteiger partial charge is 0.497 e. The van der Waals surface area contributed by atoms with Crippen LogP contribution in [0.25, 0.3) is 0 Å². The highest BCUT2D eigenvalue weighted by Crippen LogP contribution is 2.40. The molecular formula is C15H14ClN3O3. The zero-order valence-corrected chi connectivity index (χ0v) is 12.9. The summed E-state index contributed by atoms with van der Waals surface area (Å²) in [5.41, 5.74) is 0.934. The standard InChI is InChI=1S/C15H14ClN3O3/c1-3-6-19-11-7-9(21-2)4-5-12(11)22-14-10(15(19)20)8-13(16)17-18-14/h4-5,7-8H,3,6H2,1-2H3. The average Bonchev–Trinajstić information content (AvgIpc) is 2.64. The van der Waals surface area contributed by atoms with Crippen molar-refractivity contribution in [1.29, 1.82) is 0 Å². The molecule has 1 aromatic heterocycles. The van der Waals surface area contributed by atoms with Crippen LogP contribution in [0.1, 0.15) is 23.7 Å².